The SMILES string of the molecule is CCN[C@H](C)CNS(=O)(=O)c1ccc(SC)c(Cl)c1. The molecule has 1 rings (SSSR count). The van der Waals surface area contributed by atoms with Crippen molar-refractivity contribution in [1.82, 2.24) is 10.0 Å². The molecule has 0 aliphatic carbocycles. The second-order valence-corrected chi connectivity index (χ2v) is 7.13. The number of halogens is 1. The van der Waals surface area contributed by atoms with E-state index in [4.69, 9.17) is 11.6 Å². The van der Waals surface area contributed by atoms with Crippen LogP contribution in [0.5, 0.6) is 0 Å². The minimum absolute atomic E-state index is 0.0840. The number of hydrogen-bond acceptors (Lipinski definition) is 4. The van der Waals surface area contributed by atoms with Crippen molar-refractivity contribution < 1.29 is 8.42 Å². The van der Waals surface area contributed by atoms with Crippen LogP contribution in [0.3, 0.4) is 0 Å². The first-order valence-corrected chi connectivity index (χ1v) is 9.06. The molecule has 0 saturated heterocycles. The van der Waals surface area contributed by atoms with Gasteiger partial charge in [-0.3, -0.25) is 0 Å². The second kappa shape index (κ2) is 7.50. The summed E-state index contributed by atoms with van der Waals surface area (Å²) in [6.45, 7) is 5.05. The molecule has 0 fully saturated rings. The maximum Gasteiger partial charge on any atom is 0.240 e. The van der Waals surface area contributed by atoms with Crippen molar-refractivity contribution in [3.63, 3.8) is 0 Å². The van der Waals surface area contributed by atoms with Crippen LogP contribution in [0, 0.1) is 0 Å². The molecule has 0 aliphatic rings. The molecule has 0 aromatic heterocycles. The largest absolute Gasteiger partial charge is 0.313 e. The highest BCUT2D eigenvalue weighted by molar-refractivity contribution is 7.98. The van der Waals surface area contributed by atoms with Gasteiger partial charge in [0.2, 0.25) is 10.0 Å². The van der Waals surface area contributed by atoms with Crippen LogP contribution in [0.4, 0.5) is 0 Å². The minimum atomic E-state index is -3.50. The molecule has 0 heterocycles. The van der Waals surface area contributed by atoms with Crippen molar-refractivity contribution in [1.29, 1.82) is 0 Å². The van der Waals surface area contributed by atoms with Gasteiger partial charge in [0.25, 0.3) is 0 Å². The molecule has 1 aromatic carbocycles. The highest BCUT2D eigenvalue weighted by Crippen LogP contribution is 2.27. The maximum atomic E-state index is 12.1. The summed E-state index contributed by atoms with van der Waals surface area (Å²) < 4.78 is 26.7. The molecule has 0 radical (unpaired) electrons. The highest BCUT2D eigenvalue weighted by Gasteiger charge is 2.16. The smallest absolute Gasteiger partial charge is 0.240 e. The van der Waals surface area contributed by atoms with Gasteiger partial charge in [0.15, 0.2) is 0 Å². The van der Waals surface area contributed by atoms with Gasteiger partial charge in [-0.2, -0.15) is 0 Å². The number of benzene rings is 1. The van der Waals surface area contributed by atoms with Crippen LogP contribution in [0.2, 0.25) is 5.02 Å². The quantitative estimate of drug-likeness (QED) is 0.757. The highest BCUT2D eigenvalue weighted by atomic mass is 35.5. The number of nitrogens with one attached hydrogen (secondary N) is 2. The molecule has 1 atom stereocenters. The van der Waals surface area contributed by atoms with Gasteiger partial charge in [-0.25, -0.2) is 13.1 Å². The number of thioether (sulfide) groups is 1. The van der Waals surface area contributed by atoms with Gasteiger partial charge in [-0.05, 0) is 37.9 Å². The number of rotatable bonds is 7. The average Bonchev–Trinajstić information content (AvgIpc) is 2.37. The lowest BCUT2D eigenvalue weighted by Gasteiger charge is -2.14. The van der Waals surface area contributed by atoms with E-state index in [0.717, 1.165) is 11.4 Å². The van der Waals surface area contributed by atoms with Gasteiger partial charge in [0, 0.05) is 17.5 Å². The first-order chi connectivity index (χ1) is 8.90. The predicted molar refractivity (Wildman–Crippen MR) is 81.6 cm³/mol. The summed E-state index contributed by atoms with van der Waals surface area (Å²) >= 11 is 7.51. The summed E-state index contributed by atoms with van der Waals surface area (Å²) in [6, 6.07) is 4.85. The van der Waals surface area contributed by atoms with E-state index in [1.807, 2.05) is 20.1 Å². The summed E-state index contributed by atoms with van der Waals surface area (Å²) in [4.78, 5) is 1.06. The van der Waals surface area contributed by atoms with Crippen molar-refractivity contribution in [2.24, 2.45) is 0 Å². The zero-order valence-electron chi connectivity index (χ0n) is 11.2. The van der Waals surface area contributed by atoms with E-state index in [1.165, 1.54) is 17.8 Å². The van der Waals surface area contributed by atoms with Crippen molar-refractivity contribution >= 4 is 33.4 Å². The molecule has 0 aliphatic heterocycles. The molecule has 7 heteroatoms. The van der Waals surface area contributed by atoms with Gasteiger partial charge in [-0.15, -0.1) is 11.8 Å². The van der Waals surface area contributed by atoms with E-state index >= 15 is 0 Å². The monoisotopic (exact) mass is 322 g/mol. The van der Waals surface area contributed by atoms with E-state index in [2.05, 4.69) is 10.0 Å². The third-order valence-corrected chi connectivity index (χ3v) is 5.21. The summed E-state index contributed by atoms with van der Waals surface area (Å²) in [5, 5.41) is 3.60. The minimum Gasteiger partial charge on any atom is -0.313 e. The van der Waals surface area contributed by atoms with E-state index < -0.39 is 10.0 Å². The molecule has 0 unspecified atom stereocenters. The molecular weight excluding hydrogens is 304 g/mol. The zero-order valence-corrected chi connectivity index (χ0v) is 13.6. The van der Waals surface area contributed by atoms with Crippen molar-refractivity contribution in [3.8, 4) is 0 Å². The van der Waals surface area contributed by atoms with Gasteiger partial charge in [-0.1, -0.05) is 18.5 Å². The van der Waals surface area contributed by atoms with Crippen LogP contribution in [0.15, 0.2) is 28.0 Å². The standard InChI is InChI=1S/C12H19ClN2O2S2/c1-4-14-9(2)8-15-19(16,17)10-5-6-12(18-3)11(13)7-10/h5-7,9,14-15H,4,8H2,1-3H3/t9-/m1/s1. The Labute approximate surface area is 124 Å². The summed E-state index contributed by atoms with van der Waals surface area (Å²) in [7, 11) is -3.50. The Morgan fingerprint density at radius 3 is 2.63 bits per heavy atom. The van der Waals surface area contributed by atoms with Gasteiger partial charge >= 0.3 is 0 Å². The number of likely N-dealkylation sites (N-methyl/N-ethyl adjacent to an activating group) is 1. The van der Waals surface area contributed by atoms with Crippen molar-refractivity contribution in [2.45, 2.75) is 29.7 Å². The Bertz CT molecular complexity index is 520. The van der Waals surface area contributed by atoms with Crippen molar-refractivity contribution in [2.75, 3.05) is 19.3 Å². The fourth-order valence-electron chi connectivity index (χ4n) is 1.55. The molecule has 1 aromatic rings. The first kappa shape index (κ1) is 16.8. The molecule has 0 saturated carbocycles. The van der Waals surface area contributed by atoms with Crippen LogP contribution in [0.25, 0.3) is 0 Å². The Morgan fingerprint density at radius 2 is 2.11 bits per heavy atom. The maximum absolute atomic E-state index is 12.1. The van der Waals surface area contributed by atoms with E-state index in [9.17, 15) is 8.42 Å². The average molecular weight is 323 g/mol. The lowest BCUT2D eigenvalue weighted by Crippen LogP contribution is -2.38. The molecular formula is C12H19ClN2O2S2. The third-order valence-electron chi connectivity index (χ3n) is 2.57. The Hall–Kier alpha value is -0.270. The fourth-order valence-corrected chi connectivity index (χ4v) is 3.64. The third kappa shape index (κ3) is 4.96. The molecule has 2 N–H and O–H groups in total. The predicted octanol–water partition coefficient (Wildman–Crippen LogP) is 2.34. The van der Waals surface area contributed by atoms with E-state index in [1.54, 1.807) is 12.1 Å². The van der Waals surface area contributed by atoms with E-state index in [-0.39, 0.29) is 10.9 Å². The van der Waals surface area contributed by atoms with Gasteiger partial charge < -0.3 is 5.32 Å². The molecule has 4 nitrogen and oxygen atoms in total. The van der Waals surface area contributed by atoms with Crippen LogP contribution in [-0.4, -0.2) is 33.8 Å². The summed E-state index contributed by atoms with van der Waals surface area (Å²) in [6.07, 6.45) is 1.89. The normalized spacial score (nSPS) is 13.5. The Balaban J connectivity index is 2.80. The second-order valence-electron chi connectivity index (χ2n) is 4.11. The molecule has 0 amide bonds. The van der Waals surface area contributed by atoms with Gasteiger partial charge in [0.05, 0.1) is 9.92 Å². The topological polar surface area (TPSA) is 58.2 Å². The van der Waals surface area contributed by atoms with Crippen LogP contribution < -0.4 is 10.0 Å². The molecule has 19 heavy (non-hydrogen) atoms. The van der Waals surface area contributed by atoms with Crippen molar-refractivity contribution in [3.05, 3.63) is 23.2 Å². The molecule has 0 spiro atoms. The zero-order chi connectivity index (χ0) is 14.5. The van der Waals surface area contributed by atoms with Gasteiger partial charge in [0.1, 0.15) is 0 Å². The summed E-state index contributed by atoms with van der Waals surface area (Å²) in [5.41, 5.74) is 0. The first-order valence-electron chi connectivity index (χ1n) is 5.97. The van der Waals surface area contributed by atoms with E-state index in [0.29, 0.717) is 11.6 Å². The summed E-state index contributed by atoms with van der Waals surface area (Å²) in [5.74, 6) is 0. The molecule has 0 bridgehead atoms. The van der Waals surface area contributed by atoms with Crippen LogP contribution in [0.1, 0.15) is 13.8 Å². The lowest BCUT2D eigenvalue weighted by molar-refractivity contribution is 0.536. The number of hydrogen-bond donors (Lipinski definition) is 2. The van der Waals surface area contributed by atoms with Crippen LogP contribution >= 0.6 is 23.4 Å². The lowest BCUT2D eigenvalue weighted by atomic mass is 10.3. The number of sulfonamides is 1. The Kier molecular flexibility index (Phi) is 6.62. The molecule has 108 valence electrons. The Morgan fingerprint density at radius 1 is 1.42 bits per heavy atom. The fraction of sp³-hybridized carbons (Fsp3) is 0.500. The van der Waals surface area contributed by atoms with Crippen LogP contribution in [-0.2, 0) is 10.0 Å².